The number of anilines is 1. The van der Waals surface area contributed by atoms with E-state index in [1.807, 2.05) is 6.07 Å². The average Bonchev–Trinajstić information content (AvgIpc) is 2.98. The number of amides is 1. The molecule has 1 aliphatic carbocycles. The quantitative estimate of drug-likeness (QED) is 0.857. The summed E-state index contributed by atoms with van der Waals surface area (Å²) < 4.78 is 28.4. The minimum atomic E-state index is -3.62. The molecule has 1 fully saturated rings. The Kier molecular flexibility index (Phi) is 4.94. The standard InChI is InChI=1S/C17H25N3O3S/c1-12(21)20-9-8-13-6-7-15(10-17(13)20)24(22,23)19-16-5-3-2-4-14(16)11-18/h6-7,10,14,16,19H,2-5,8-9,11,18H2,1H3/t14-,16-/m1/s1. The maximum atomic E-state index is 12.8. The van der Waals surface area contributed by atoms with Gasteiger partial charge in [-0.05, 0) is 49.4 Å². The van der Waals surface area contributed by atoms with Gasteiger partial charge >= 0.3 is 0 Å². The monoisotopic (exact) mass is 351 g/mol. The first-order valence-corrected chi connectivity index (χ1v) is 10.0. The van der Waals surface area contributed by atoms with Gasteiger partial charge in [-0.1, -0.05) is 18.9 Å². The van der Waals surface area contributed by atoms with Gasteiger partial charge in [0.2, 0.25) is 15.9 Å². The summed E-state index contributed by atoms with van der Waals surface area (Å²) >= 11 is 0. The van der Waals surface area contributed by atoms with E-state index in [0.29, 0.717) is 18.8 Å². The maximum Gasteiger partial charge on any atom is 0.240 e. The largest absolute Gasteiger partial charge is 0.330 e. The van der Waals surface area contributed by atoms with E-state index in [2.05, 4.69) is 4.72 Å². The van der Waals surface area contributed by atoms with Crippen LogP contribution < -0.4 is 15.4 Å². The van der Waals surface area contributed by atoms with Crippen LogP contribution in [0, 0.1) is 5.92 Å². The van der Waals surface area contributed by atoms with E-state index < -0.39 is 10.0 Å². The number of nitrogens with zero attached hydrogens (tertiary/aromatic N) is 1. The van der Waals surface area contributed by atoms with Gasteiger partial charge in [-0.3, -0.25) is 4.79 Å². The highest BCUT2D eigenvalue weighted by molar-refractivity contribution is 7.89. The van der Waals surface area contributed by atoms with Crippen LogP contribution in [0.15, 0.2) is 23.1 Å². The SMILES string of the molecule is CC(=O)N1CCc2ccc(S(=O)(=O)N[C@@H]3CCCC[C@@H]3CN)cc21. The van der Waals surface area contributed by atoms with Crippen LogP contribution in [0.4, 0.5) is 5.69 Å². The lowest BCUT2D eigenvalue weighted by Crippen LogP contribution is -2.44. The summed E-state index contributed by atoms with van der Waals surface area (Å²) in [6.45, 7) is 2.61. The minimum absolute atomic E-state index is 0.0632. The molecule has 3 N–H and O–H groups in total. The second-order valence-corrected chi connectivity index (χ2v) is 8.43. The van der Waals surface area contributed by atoms with Crippen molar-refractivity contribution in [2.24, 2.45) is 11.7 Å². The molecule has 0 spiro atoms. The van der Waals surface area contributed by atoms with Gasteiger partial charge in [-0.2, -0.15) is 0 Å². The van der Waals surface area contributed by atoms with Crippen molar-refractivity contribution in [2.45, 2.75) is 50.0 Å². The molecule has 1 aromatic carbocycles. The van der Waals surface area contributed by atoms with Crippen molar-refractivity contribution < 1.29 is 13.2 Å². The molecule has 1 saturated carbocycles. The van der Waals surface area contributed by atoms with Crippen LogP contribution in [0.1, 0.15) is 38.2 Å². The van der Waals surface area contributed by atoms with Gasteiger partial charge in [0.25, 0.3) is 0 Å². The van der Waals surface area contributed by atoms with Crippen molar-refractivity contribution in [2.75, 3.05) is 18.0 Å². The Morgan fingerprint density at radius 1 is 1.33 bits per heavy atom. The van der Waals surface area contributed by atoms with Crippen LogP contribution in [-0.4, -0.2) is 33.5 Å². The molecule has 7 heteroatoms. The zero-order valence-corrected chi connectivity index (χ0v) is 14.8. The molecule has 0 unspecified atom stereocenters. The van der Waals surface area contributed by atoms with Crippen molar-refractivity contribution in [1.82, 2.24) is 4.72 Å². The minimum Gasteiger partial charge on any atom is -0.330 e. The van der Waals surface area contributed by atoms with Crippen LogP contribution in [0.2, 0.25) is 0 Å². The molecule has 2 atom stereocenters. The Balaban J connectivity index is 1.85. The number of rotatable bonds is 4. The molecular formula is C17H25N3O3S. The number of hydrogen-bond donors (Lipinski definition) is 2. The molecule has 132 valence electrons. The summed E-state index contributed by atoms with van der Waals surface area (Å²) in [7, 11) is -3.62. The third kappa shape index (κ3) is 3.34. The second kappa shape index (κ2) is 6.82. The first-order valence-electron chi connectivity index (χ1n) is 8.56. The van der Waals surface area contributed by atoms with Crippen LogP contribution in [-0.2, 0) is 21.2 Å². The molecule has 0 radical (unpaired) electrons. The number of sulfonamides is 1. The maximum absolute atomic E-state index is 12.8. The van der Waals surface area contributed by atoms with E-state index in [-0.39, 0.29) is 22.8 Å². The molecule has 24 heavy (non-hydrogen) atoms. The lowest BCUT2D eigenvalue weighted by molar-refractivity contribution is -0.116. The molecule has 1 aliphatic heterocycles. The van der Waals surface area contributed by atoms with E-state index >= 15 is 0 Å². The predicted octanol–water partition coefficient (Wildman–Crippen LogP) is 1.39. The number of benzene rings is 1. The third-order valence-corrected chi connectivity index (χ3v) is 6.65. The van der Waals surface area contributed by atoms with Crippen LogP contribution >= 0.6 is 0 Å². The first-order chi connectivity index (χ1) is 11.4. The Morgan fingerprint density at radius 2 is 2.08 bits per heavy atom. The van der Waals surface area contributed by atoms with E-state index in [1.165, 1.54) is 6.92 Å². The number of hydrogen-bond acceptors (Lipinski definition) is 4. The van der Waals surface area contributed by atoms with Crippen molar-refractivity contribution in [3.8, 4) is 0 Å². The highest BCUT2D eigenvalue weighted by Gasteiger charge is 2.30. The smallest absolute Gasteiger partial charge is 0.240 e. The first kappa shape index (κ1) is 17.4. The Morgan fingerprint density at radius 3 is 2.79 bits per heavy atom. The van der Waals surface area contributed by atoms with Crippen LogP contribution in [0.25, 0.3) is 0 Å². The normalized spacial score (nSPS) is 24.0. The number of carbonyl (C=O) groups excluding carboxylic acids is 1. The summed E-state index contributed by atoms with van der Waals surface area (Å²) in [6.07, 6.45) is 4.68. The van der Waals surface area contributed by atoms with E-state index in [1.54, 1.807) is 17.0 Å². The molecule has 2 aliphatic rings. The summed E-state index contributed by atoms with van der Waals surface area (Å²) in [4.78, 5) is 13.6. The summed E-state index contributed by atoms with van der Waals surface area (Å²) in [5.74, 6) is 0.128. The predicted molar refractivity (Wildman–Crippen MR) is 93.3 cm³/mol. The third-order valence-electron chi connectivity index (χ3n) is 5.16. The molecule has 0 saturated heterocycles. The van der Waals surface area contributed by atoms with E-state index in [4.69, 9.17) is 5.73 Å². The number of fused-ring (bicyclic) bond motifs is 1. The molecular weight excluding hydrogens is 326 g/mol. The average molecular weight is 351 g/mol. The molecule has 1 heterocycles. The van der Waals surface area contributed by atoms with Crippen molar-refractivity contribution in [3.05, 3.63) is 23.8 Å². The summed E-state index contributed by atoms with van der Waals surface area (Å²) in [6, 6.07) is 4.96. The zero-order valence-electron chi connectivity index (χ0n) is 14.0. The number of nitrogens with one attached hydrogen (secondary N) is 1. The fourth-order valence-corrected chi connectivity index (χ4v) is 5.12. The number of carbonyl (C=O) groups is 1. The molecule has 6 nitrogen and oxygen atoms in total. The lowest BCUT2D eigenvalue weighted by atomic mass is 9.85. The van der Waals surface area contributed by atoms with Gasteiger partial charge in [0.15, 0.2) is 0 Å². The number of nitrogens with two attached hydrogens (primary N) is 1. The lowest BCUT2D eigenvalue weighted by Gasteiger charge is -2.31. The van der Waals surface area contributed by atoms with Crippen LogP contribution in [0.3, 0.4) is 0 Å². The fourth-order valence-electron chi connectivity index (χ4n) is 3.77. The zero-order chi connectivity index (χ0) is 17.3. The summed E-state index contributed by atoms with van der Waals surface area (Å²) in [5.41, 5.74) is 7.53. The highest BCUT2D eigenvalue weighted by Crippen LogP contribution is 2.31. The van der Waals surface area contributed by atoms with Crippen molar-refractivity contribution >= 4 is 21.6 Å². The van der Waals surface area contributed by atoms with Gasteiger partial charge in [-0.25, -0.2) is 13.1 Å². The molecule has 1 amide bonds. The van der Waals surface area contributed by atoms with Gasteiger partial charge in [0.1, 0.15) is 0 Å². The Bertz CT molecular complexity index is 733. The van der Waals surface area contributed by atoms with Crippen molar-refractivity contribution in [3.63, 3.8) is 0 Å². The molecule has 3 rings (SSSR count). The fraction of sp³-hybridized carbons (Fsp3) is 0.588. The van der Waals surface area contributed by atoms with Gasteiger partial charge in [0, 0.05) is 25.2 Å². The summed E-state index contributed by atoms with van der Waals surface area (Å²) in [5, 5.41) is 0. The van der Waals surface area contributed by atoms with E-state index in [0.717, 1.165) is 37.7 Å². The Hall–Kier alpha value is -1.44. The molecule has 1 aromatic rings. The van der Waals surface area contributed by atoms with Crippen LogP contribution in [0.5, 0.6) is 0 Å². The van der Waals surface area contributed by atoms with Gasteiger partial charge in [0.05, 0.1) is 4.90 Å². The topological polar surface area (TPSA) is 92.5 Å². The Labute approximate surface area is 143 Å². The van der Waals surface area contributed by atoms with Gasteiger partial charge < -0.3 is 10.6 Å². The van der Waals surface area contributed by atoms with E-state index in [9.17, 15) is 13.2 Å². The second-order valence-electron chi connectivity index (χ2n) is 6.72. The molecule has 0 bridgehead atoms. The van der Waals surface area contributed by atoms with Crippen molar-refractivity contribution in [1.29, 1.82) is 0 Å². The van der Waals surface area contributed by atoms with Gasteiger partial charge in [-0.15, -0.1) is 0 Å². The highest BCUT2D eigenvalue weighted by atomic mass is 32.2. The molecule has 0 aromatic heterocycles.